The van der Waals surface area contributed by atoms with Gasteiger partial charge in [-0.25, -0.2) is 19.6 Å². The fourth-order valence-electron chi connectivity index (χ4n) is 7.63. The lowest BCUT2D eigenvalue weighted by molar-refractivity contribution is -0.134. The molecule has 2 saturated heterocycles. The van der Waals surface area contributed by atoms with Crippen molar-refractivity contribution in [3.05, 3.63) is 102 Å². The summed E-state index contributed by atoms with van der Waals surface area (Å²) >= 11 is 0. The zero-order chi connectivity index (χ0) is 40.1. The number of likely N-dealkylation sites (tertiary alicyclic amines) is 2. The van der Waals surface area contributed by atoms with E-state index in [1.54, 1.807) is 53.4 Å². The summed E-state index contributed by atoms with van der Waals surface area (Å²) in [6.07, 6.45) is 5.60. The number of aromatic hydroxyl groups is 1. The Morgan fingerprint density at radius 1 is 0.702 bits per heavy atom. The highest BCUT2D eigenvalue weighted by Gasteiger charge is 2.37. The number of imidazole rings is 2. The van der Waals surface area contributed by atoms with Crippen molar-refractivity contribution < 1.29 is 33.8 Å². The molecular weight excluding hydrogens is 729 g/mol. The molecule has 5 N–H and O–H groups in total. The number of nitrogens with zero attached hydrogens (tertiary/aromatic N) is 4. The number of aromatic nitrogens is 4. The smallest absolute Gasteiger partial charge is 0.407 e. The molecule has 3 aromatic carbocycles. The lowest BCUT2D eigenvalue weighted by atomic mass is 10.0. The van der Waals surface area contributed by atoms with Crippen molar-refractivity contribution in [3.8, 4) is 39.4 Å². The van der Waals surface area contributed by atoms with Gasteiger partial charge in [0.1, 0.15) is 29.5 Å². The summed E-state index contributed by atoms with van der Waals surface area (Å²) in [5.74, 6) is 1.09. The first-order valence-electron chi connectivity index (χ1n) is 19.0. The highest BCUT2D eigenvalue weighted by atomic mass is 16.5. The van der Waals surface area contributed by atoms with Crippen molar-refractivity contribution in [1.29, 1.82) is 0 Å². The fourth-order valence-corrected chi connectivity index (χ4v) is 7.63. The van der Waals surface area contributed by atoms with Crippen LogP contribution in [0, 0.1) is 0 Å². The van der Waals surface area contributed by atoms with Crippen LogP contribution in [0.1, 0.15) is 61.9 Å². The largest absolute Gasteiger partial charge is 0.508 e. The van der Waals surface area contributed by atoms with E-state index in [9.17, 15) is 24.3 Å². The quantitative estimate of drug-likeness (QED) is 0.109. The number of aromatic amines is 2. The first kappa shape index (κ1) is 38.6. The lowest BCUT2D eigenvalue weighted by Gasteiger charge is -2.28. The number of H-pyrrole nitrogens is 2. The summed E-state index contributed by atoms with van der Waals surface area (Å²) in [5, 5.41) is 14.9. The molecule has 2 aromatic heterocycles. The molecule has 0 bridgehead atoms. The number of phenolic OH excluding ortho intramolecular Hbond substituents is 1. The van der Waals surface area contributed by atoms with Gasteiger partial charge in [0.05, 0.1) is 50.1 Å². The summed E-state index contributed by atoms with van der Waals surface area (Å²) in [4.78, 5) is 70.5. The third-order valence-corrected chi connectivity index (χ3v) is 10.7. The Morgan fingerprint density at radius 2 is 1.16 bits per heavy atom. The van der Waals surface area contributed by atoms with Gasteiger partial charge in [-0.3, -0.25) is 9.59 Å². The molecule has 296 valence electrons. The van der Waals surface area contributed by atoms with E-state index in [1.165, 1.54) is 14.2 Å². The molecule has 4 amide bonds. The number of nitrogens with one attached hydrogen (secondary N) is 4. The van der Waals surface area contributed by atoms with Gasteiger partial charge >= 0.3 is 12.2 Å². The number of carbonyl (C=O) groups is 4. The highest BCUT2D eigenvalue weighted by Crippen LogP contribution is 2.35. The van der Waals surface area contributed by atoms with Gasteiger partial charge in [-0.2, -0.15) is 0 Å². The molecule has 4 heterocycles. The van der Waals surface area contributed by atoms with Gasteiger partial charge < -0.3 is 45.0 Å². The summed E-state index contributed by atoms with van der Waals surface area (Å²) in [6.45, 7) is 2.76. The van der Waals surface area contributed by atoms with Crippen LogP contribution >= 0.6 is 0 Å². The predicted octanol–water partition coefficient (Wildman–Crippen LogP) is 5.88. The van der Waals surface area contributed by atoms with E-state index >= 15 is 0 Å². The number of phenols is 1. The Balaban J connectivity index is 0.996. The minimum atomic E-state index is -0.858. The number of amides is 4. The van der Waals surface area contributed by atoms with Gasteiger partial charge in [0.25, 0.3) is 0 Å². The maximum atomic E-state index is 13.9. The maximum Gasteiger partial charge on any atom is 0.407 e. The van der Waals surface area contributed by atoms with Gasteiger partial charge in [0.2, 0.25) is 11.8 Å². The average molecular weight is 775 g/mol. The third-order valence-electron chi connectivity index (χ3n) is 10.7. The zero-order valence-electron chi connectivity index (χ0n) is 32.0. The van der Waals surface area contributed by atoms with Crippen LogP contribution in [-0.4, -0.2) is 98.2 Å². The number of hydrogen-bond donors (Lipinski definition) is 5. The molecule has 0 spiro atoms. The summed E-state index contributed by atoms with van der Waals surface area (Å²) in [6, 6.07) is 20.8. The van der Waals surface area contributed by atoms with E-state index < -0.39 is 24.3 Å². The third kappa shape index (κ3) is 8.62. The first-order chi connectivity index (χ1) is 27.6. The molecule has 15 nitrogen and oxygen atoms in total. The topological polar surface area (TPSA) is 195 Å². The van der Waals surface area contributed by atoms with E-state index in [0.29, 0.717) is 24.7 Å². The second-order valence-corrected chi connectivity index (χ2v) is 14.3. The van der Waals surface area contributed by atoms with E-state index in [1.807, 2.05) is 24.3 Å². The van der Waals surface area contributed by atoms with Crippen LogP contribution in [0.3, 0.4) is 0 Å². The number of methoxy groups -OCH3 is 2. The average Bonchev–Trinajstić information content (AvgIpc) is 4.08. The second-order valence-electron chi connectivity index (χ2n) is 14.3. The number of carbonyl (C=O) groups excluding carboxylic acids is 4. The van der Waals surface area contributed by atoms with E-state index in [4.69, 9.17) is 4.74 Å². The lowest BCUT2D eigenvalue weighted by Crippen LogP contribution is -2.49. The van der Waals surface area contributed by atoms with Crippen molar-refractivity contribution in [1.82, 2.24) is 40.4 Å². The van der Waals surface area contributed by atoms with E-state index in [0.717, 1.165) is 64.9 Å². The molecule has 0 unspecified atom stereocenters. The standard InChI is InChI=1S/C42H46N8O7/c1-25(45-41(54)56-2)39(52)49-20-4-6-35(49)37-43-23-33(46-37)29-14-10-27(11-15-29)28-12-16-30(17-13-28)34-24-44-38(47-34)36-7-5-21-50(36)40(53)32(48-42(55)57-3)22-26-8-18-31(51)19-9-26/h8-19,23-25,32,35-36,51H,4-7,20-22H2,1-3H3,(H,43,46)(H,44,47)(H,45,54)(H,48,55)/t25-,32-,35-,36-/m0/s1. The molecule has 2 fully saturated rings. The molecule has 4 atom stereocenters. The van der Waals surface area contributed by atoms with Gasteiger partial charge in [-0.05, 0) is 72.6 Å². The Kier molecular flexibility index (Phi) is 11.5. The fraction of sp³-hybridized carbons (Fsp3) is 0.333. The molecule has 0 radical (unpaired) electrons. The van der Waals surface area contributed by atoms with Crippen LogP contribution in [0.25, 0.3) is 33.6 Å². The van der Waals surface area contributed by atoms with E-state index in [2.05, 4.69) is 59.6 Å². The SMILES string of the molecule is COC(=O)N[C@@H](C)C(=O)N1CCC[C@H]1c1ncc(-c2ccc(-c3ccc(-c4cnc([C@@H]5CCCN5C(=O)[C@H](Cc5ccc(O)cc5)NC(=O)OC)[nH]4)cc3)cc2)[nH]1. The summed E-state index contributed by atoms with van der Waals surface area (Å²) in [7, 11) is 2.53. The minimum absolute atomic E-state index is 0.119. The van der Waals surface area contributed by atoms with Crippen LogP contribution in [-0.2, 0) is 25.5 Å². The minimum Gasteiger partial charge on any atom is -0.508 e. The predicted molar refractivity (Wildman–Crippen MR) is 211 cm³/mol. The van der Waals surface area contributed by atoms with Crippen molar-refractivity contribution >= 4 is 24.0 Å². The van der Waals surface area contributed by atoms with Crippen LogP contribution in [0.5, 0.6) is 5.75 Å². The Hall–Kier alpha value is -6.64. The molecule has 15 heteroatoms. The number of benzene rings is 3. The van der Waals surface area contributed by atoms with Crippen molar-refractivity contribution in [2.75, 3.05) is 27.3 Å². The van der Waals surface area contributed by atoms with Crippen molar-refractivity contribution in [2.45, 2.75) is 63.2 Å². The highest BCUT2D eigenvalue weighted by molar-refractivity contribution is 5.87. The van der Waals surface area contributed by atoms with Gasteiger partial charge in [-0.1, -0.05) is 60.7 Å². The van der Waals surface area contributed by atoms with Crippen LogP contribution in [0.4, 0.5) is 9.59 Å². The number of ether oxygens (including phenoxy) is 2. The molecule has 5 aromatic rings. The van der Waals surface area contributed by atoms with Gasteiger partial charge in [0, 0.05) is 19.5 Å². The van der Waals surface area contributed by atoms with E-state index in [-0.39, 0.29) is 36.1 Å². The number of alkyl carbamates (subject to hydrolysis) is 2. The molecule has 2 aliphatic rings. The number of hydrogen-bond acceptors (Lipinski definition) is 9. The molecule has 57 heavy (non-hydrogen) atoms. The second kappa shape index (κ2) is 17.0. The molecule has 0 aliphatic carbocycles. The summed E-state index contributed by atoms with van der Waals surface area (Å²) in [5.41, 5.74) is 6.44. The van der Waals surface area contributed by atoms with Crippen LogP contribution in [0.15, 0.2) is 85.2 Å². The van der Waals surface area contributed by atoms with Gasteiger partial charge in [0.15, 0.2) is 0 Å². The molecular formula is C42H46N8O7. The molecule has 7 rings (SSSR count). The van der Waals surface area contributed by atoms with Crippen molar-refractivity contribution in [2.24, 2.45) is 0 Å². The molecule has 0 saturated carbocycles. The Bertz CT molecular complexity index is 2200. The van der Waals surface area contributed by atoms with Gasteiger partial charge in [-0.15, -0.1) is 0 Å². The Labute approximate surface area is 329 Å². The zero-order valence-corrected chi connectivity index (χ0v) is 32.0. The van der Waals surface area contributed by atoms with Crippen LogP contribution in [0.2, 0.25) is 0 Å². The molecule has 2 aliphatic heterocycles. The monoisotopic (exact) mass is 774 g/mol. The van der Waals surface area contributed by atoms with Crippen LogP contribution < -0.4 is 10.6 Å². The maximum absolute atomic E-state index is 13.9. The Morgan fingerprint density at radius 3 is 1.65 bits per heavy atom. The first-order valence-corrected chi connectivity index (χ1v) is 19.0. The normalized spacial score (nSPS) is 17.5. The summed E-state index contributed by atoms with van der Waals surface area (Å²) < 4.78 is 9.46. The van der Waals surface area contributed by atoms with Crippen molar-refractivity contribution in [3.63, 3.8) is 0 Å². The number of rotatable bonds is 11.